The summed E-state index contributed by atoms with van der Waals surface area (Å²) in [4.78, 5) is 7.20. The first-order valence-electron chi connectivity index (χ1n) is 15.8. The first-order chi connectivity index (χ1) is 21.4. The minimum atomic E-state index is -0.158. The number of hydrogen-bond donors (Lipinski definition) is 0. The number of aryl methyl sites for hydroxylation is 2. The number of imidazole rings is 1. The molecule has 5 rings (SSSR count). The Labute approximate surface area is 262 Å². The fourth-order valence-corrected chi connectivity index (χ4v) is 5.51. The predicted molar refractivity (Wildman–Crippen MR) is 182 cm³/mol. The summed E-state index contributed by atoms with van der Waals surface area (Å²) < 4.78 is 17.2. The van der Waals surface area contributed by atoms with Gasteiger partial charge in [-0.25, -0.2) is 9.37 Å². The number of halogens is 1. The Hall–Kier alpha value is -4.28. The summed E-state index contributed by atoms with van der Waals surface area (Å²) in [5.74, 6) is 0.824. The lowest BCUT2D eigenvalue weighted by Gasteiger charge is -2.23. The molecule has 0 N–H and O–H groups in total. The molecule has 4 heteroatoms. The molecule has 3 aromatic carbocycles. The quantitative estimate of drug-likeness (QED) is 0.156. The molecule has 1 heterocycles. The molecule has 0 saturated heterocycles. The number of benzene rings is 3. The normalized spacial score (nSPS) is 13.4. The summed E-state index contributed by atoms with van der Waals surface area (Å²) in [6.45, 7) is 8.70. The van der Waals surface area contributed by atoms with Crippen molar-refractivity contribution in [2.24, 2.45) is 0 Å². The van der Waals surface area contributed by atoms with Gasteiger partial charge in [-0.2, -0.15) is 0 Å². The molecule has 1 aliphatic carbocycles. The van der Waals surface area contributed by atoms with E-state index in [0.717, 1.165) is 49.3 Å². The molecule has 0 aliphatic heterocycles. The predicted octanol–water partition coefficient (Wildman–Crippen LogP) is 9.99. The Kier molecular flexibility index (Phi) is 10.9. The van der Waals surface area contributed by atoms with Crippen LogP contribution in [0.1, 0.15) is 77.5 Å². The van der Waals surface area contributed by atoms with Gasteiger partial charge in [0.05, 0.1) is 12.2 Å². The van der Waals surface area contributed by atoms with Crippen LogP contribution in [0.5, 0.6) is 0 Å². The van der Waals surface area contributed by atoms with Crippen molar-refractivity contribution in [1.29, 1.82) is 0 Å². The van der Waals surface area contributed by atoms with Crippen LogP contribution >= 0.6 is 0 Å². The van der Waals surface area contributed by atoms with Gasteiger partial charge in [0.1, 0.15) is 11.6 Å². The molecule has 1 aromatic heterocycles. The second-order valence-electron chi connectivity index (χ2n) is 11.9. The van der Waals surface area contributed by atoms with E-state index in [4.69, 9.17) is 4.98 Å². The second-order valence-corrected chi connectivity index (χ2v) is 11.9. The van der Waals surface area contributed by atoms with Gasteiger partial charge in [0, 0.05) is 31.4 Å². The van der Waals surface area contributed by atoms with Crippen LogP contribution in [0.3, 0.4) is 0 Å². The van der Waals surface area contributed by atoms with Gasteiger partial charge >= 0.3 is 0 Å². The molecular weight excluding hydrogens is 541 g/mol. The first kappa shape index (κ1) is 31.2. The van der Waals surface area contributed by atoms with Gasteiger partial charge in [-0.05, 0) is 72.6 Å². The topological polar surface area (TPSA) is 21.1 Å². The molecule has 0 amide bonds. The van der Waals surface area contributed by atoms with Crippen LogP contribution < -0.4 is 0 Å². The summed E-state index contributed by atoms with van der Waals surface area (Å²) in [5, 5.41) is 0. The summed E-state index contributed by atoms with van der Waals surface area (Å²) in [6.07, 6.45) is 22.1. The van der Waals surface area contributed by atoms with E-state index in [1.54, 1.807) is 6.07 Å². The van der Waals surface area contributed by atoms with Crippen LogP contribution in [-0.2, 0) is 26.2 Å². The monoisotopic (exact) mass is 585 g/mol. The highest BCUT2D eigenvalue weighted by Gasteiger charge is 2.16. The van der Waals surface area contributed by atoms with Gasteiger partial charge in [-0.3, -0.25) is 4.90 Å². The zero-order valence-electron chi connectivity index (χ0n) is 26.3. The smallest absolute Gasteiger partial charge is 0.127 e. The summed E-state index contributed by atoms with van der Waals surface area (Å²) in [6, 6.07) is 23.0. The van der Waals surface area contributed by atoms with Gasteiger partial charge < -0.3 is 4.57 Å². The van der Waals surface area contributed by atoms with Crippen LogP contribution in [0.4, 0.5) is 4.39 Å². The van der Waals surface area contributed by atoms with Gasteiger partial charge in [-0.1, -0.05) is 117 Å². The maximum Gasteiger partial charge on any atom is 0.127 e. The van der Waals surface area contributed by atoms with Crippen LogP contribution in [0.25, 0.3) is 12.2 Å². The van der Waals surface area contributed by atoms with E-state index in [1.807, 2.05) is 26.0 Å². The maximum absolute atomic E-state index is 15.0. The van der Waals surface area contributed by atoms with Crippen molar-refractivity contribution >= 4 is 12.2 Å². The maximum atomic E-state index is 15.0. The minimum Gasteiger partial charge on any atom is -0.329 e. The lowest BCUT2D eigenvalue weighted by Crippen LogP contribution is -2.25. The largest absolute Gasteiger partial charge is 0.329 e. The Bertz CT molecular complexity index is 1640. The number of nitrogens with zero attached hydrogens (tertiary/aromatic N) is 3. The fourth-order valence-electron chi connectivity index (χ4n) is 5.51. The van der Waals surface area contributed by atoms with Crippen LogP contribution in [-0.4, -0.2) is 14.5 Å². The summed E-state index contributed by atoms with van der Waals surface area (Å²) in [5.41, 5.74) is 8.69. The Balaban J connectivity index is 1.33. The van der Waals surface area contributed by atoms with Gasteiger partial charge in [0.15, 0.2) is 0 Å². The van der Waals surface area contributed by atoms with E-state index in [9.17, 15) is 0 Å². The van der Waals surface area contributed by atoms with Gasteiger partial charge in [0.2, 0.25) is 0 Å². The Morgan fingerprint density at radius 1 is 0.841 bits per heavy atom. The van der Waals surface area contributed by atoms with E-state index >= 15 is 4.39 Å². The molecule has 0 fully saturated rings. The zero-order chi connectivity index (χ0) is 30.7. The van der Waals surface area contributed by atoms with E-state index < -0.39 is 0 Å². The number of unbranched alkanes of at least 4 members (excludes halogenated alkanes) is 1. The number of hydrogen-bond acceptors (Lipinski definition) is 2. The highest BCUT2D eigenvalue weighted by molar-refractivity contribution is 5.55. The summed E-state index contributed by atoms with van der Waals surface area (Å²) in [7, 11) is 0. The number of rotatable bonds is 13. The Morgan fingerprint density at radius 3 is 2.30 bits per heavy atom. The lowest BCUT2D eigenvalue weighted by molar-refractivity contribution is 0.235. The van der Waals surface area contributed by atoms with Crippen molar-refractivity contribution in [1.82, 2.24) is 14.5 Å². The van der Waals surface area contributed by atoms with Gasteiger partial charge in [-0.15, -0.1) is 0 Å². The van der Waals surface area contributed by atoms with Crippen LogP contribution in [0, 0.1) is 19.7 Å². The average molecular weight is 586 g/mol. The molecular formula is C40H44FN3. The molecule has 0 saturated carbocycles. The molecule has 44 heavy (non-hydrogen) atoms. The molecule has 0 spiro atoms. The van der Waals surface area contributed by atoms with E-state index in [0.29, 0.717) is 25.2 Å². The van der Waals surface area contributed by atoms with Crippen molar-refractivity contribution in [3.63, 3.8) is 0 Å². The summed E-state index contributed by atoms with van der Waals surface area (Å²) >= 11 is 0. The minimum absolute atomic E-state index is 0.158. The van der Waals surface area contributed by atoms with Crippen molar-refractivity contribution < 1.29 is 4.39 Å². The molecule has 0 unspecified atom stereocenters. The van der Waals surface area contributed by atoms with Crippen LogP contribution in [0.15, 0.2) is 109 Å². The molecule has 226 valence electrons. The highest BCUT2D eigenvalue weighted by atomic mass is 19.1. The highest BCUT2D eigenvalue weighted by Crippen LogP contribution is 2.20. The Morgan fingerprint density at radius 2 is 1.59 bits per heavy atom. The van der Waals surface area contributed by atoms with Crippen molar-refractivity contribution in [3.05, 3.63) is 160 Å². The van der Waals surface area contributed by atoms with Gasteiger partial charge in [0.25, 0.3) is 0 Å². The number of aromatic nitrogens is 2. The van der Waals surface area contributed by atoms with Crippen molar-refractivity contribution in [2.75, 3.05) is 0 Å². The third-order valence-corrected chi connectivity index (χ3v) is 7.92. The van der Waals surface area contributed by atoms with E-state index in [1.165, 1.54) is 27.8 Å². The third kappa shape index (κ3) is 9.11. The average Bonchev–Trinajstić information content (AvgIpc) is 3.37. The molecule has 3 nitrogen and oxygen atoms in total. The molecule has 0 radical (unpaired) electrons. The van der Waals surface area contributed by atoms with Crippen molar-refractivity contribution in [3.8, 4) is 0 Å². The van der Waals surface area contributed by atoms with E-state index in [2.05, 4.69) is 114 Å². The molecule has 0 bridgehead atoms. The third-order valence-electron chi connectivity index (χ3n) is 7.92. The second kappa shape index (κ2) is 15.4. The molecule has 4 aromatic rings. The molecule has 0 atom stereocenters. The van der Waals surface area contributed by atoms with Crippen molar-refractivity contribution in [2.45, 2.75) is 72.6 Å². The van der Waals surface area contributed by atoms with Crippen LogP contribution in [0.2, 0.25) is 0 Å². The lowest BCUT2D eigenvalue weighted by atomic mass is 10.0. The number of allylic oxidation sites excluding steroid dienone is 6. The van der Waals surface area contributed by atoms with E-state index in [-0.39, 0.29) is 5.82 Å². The molecule has 1 aliphatic rings. The zero-order valence-corrected chi connectivity index (χ0v) is 26.3. The SMILES string of the molecule is CCCC=Cc1ccc(Cn2cc(C)nc2CN(Cc2ccc(/C=C\C3=CCCC=C3)cc2)Cc2ccc(C)cc2F)cc1. The first-order valence-corrected chi connectivity index (χ1v) is 15.8. The standard InChI is InChI=1S/C40H44FN3/c1-4-5-7-10-34-16-22-37(23-17-34)28-44-26-32(3)42-40(44)30-43(29-38-24-13-31(2)25-39(38)41)27-36-20-18-35(19-21-36)15-14-33-11-8-6-9-12-33/h7-8,10-26H,4-6,9,27-30H2,1-3H3/b10-7?,15-14-. The fraction of sp³-hybridized carbons (Fsp3) is 0.275.